The minimum absolute atomic E-state index is 0.573. The average molecular weight is 305 g/mol. The number of likely N-dealkylation sites (tertiary alicyclic amines) is 1. The number of fused-ring (bicyclic) bond motifs is 2. The van der Waals surface area contributed by atoms with Gasteiger partial charge >= 0.3 is 0 Å². The number of rotatable bonds is 3. The highest BCUT2D eigenvalue weighted by atomic mass is 15.1. The van der Waals surface area contributed by atoms with Gasteiger partial charge in [0.05, 0.1) is 0 Å². The molecule has 1 aliphatic heterocycles. The fourth-order valence-corrected chi connectivity index (χ4v) is 4.55. The van der Waals surface area contributed by atoms with Crippen molar-refractivity contribution in [3.63, 3.8) is 0 Å². The molecule has 1 heteroatoms. The standard InChI is InChI=1S/C22H27N/c1-17-7-6-10-21-19(17)12-11-18-8-2-3-9-20(18)22(21)13-16-23-14-4-5-15-23/h2-3,6-10,22H,4-5,11-16H2,1H3. The molecule has 0 aromatic heterocycles. The first-order valence-electron chi connectivity index (χ1n) is 9.21. The van der Waals surface area contributed by atoms with Crippen molar-refractivity contribution in [2.75, 3.05) is 19.6 Å². The first kappa shape index (κ1) is 15.0. The van der Waals surface area contributed by atoms with Gasteiger partial charge in [0.1, 0.15) is 0 Å². The van der Waals surface area contributed by atoms with Crippen LogP contribution in [0, 0.1) is 6.92 Å². The van der Waals surface area contributed by atoms with Crippen molar-refractivity contribution in [2.45, 2.75) is 44.9 Å². The van der Waals surface area contributed by atoms with Crippen molar-refractivity contribution in [3.05, 3.63) is 70.3 Å². The van der Waals surface area contributed by atoms with E-state index >= 15 is 0 Å². The SMILES string of the molecule is Cc1cccc2c1CCc1ccccc1C2CCN1CCCC1. The van der Waals surface area contributed by atoms with Crippen LogP contribution in [-0.4, -0.2) is 24.5 Å². The summed E-state index contributed by atoms with van der Waals surface area (Å²) in [6.07, 6.45) is 6.41. The fraction of sp³-hybridized carbons (Fsp3) is 0.455. The molecule has 0 radical (unpaired) electrons. The van der Waals surface area contributed by atoms with Crippen LogP contribution in [0.3, 0.4) is 0 Å². The van der Waals surface area contributed by atoms with E-state index < -0.39 is 0 Å². The summed E-state index contributed by atoms with van der Waals surface area (Å²) < 4.78 is 0. The Hall–Kier alpha value is -1.60. The van der Waals surface area contributed by atoms with E-state index in [0.717, 1.165) is 0 Å². The first-order chi connectivity index (χ1) is 11.3. The van der Waals surface area contributed by atoms with E-state index in [9.17, 15) is 0 Å². The van der Waals surface area contributed by atoms with Crippen molar-refractivity contribution in [1.29, 1.82) is 0 Å². The molecule has 120 valence electrons. The van der Waals surface area contributed by atoms with Gasteiger partial charge in [0, 0.05) is 5.92 Å². The van der Waals surface area contributed by atoms with Gasteiger partial charge in [-0.15, -0.1) is 0 Å². The molecule has 1 atom stereocenters. The number of hydrogen-bond donors (Lipinski definition) is 0. The van der Waals surface area contributed by atoms with Gasteiger partial charge in [-0.2, -0.15) is 0 Å². The number of hydrogen-bond acceptors (Lipinski definition) is 1. The Balaban J connectivity index is 1.70. The molecular weight excluding hydrogens is 278 g/mol. The molecule has 1 saturated heterocycles. The van der Waals surface area contributed by atoms with Gasteiger partial charge in [0.2, 0.25) is 0 Å². The Labute approximate surface area is 140 Å². The average Bonchev–Trinajstić information content (AvgIpc) is 3.03. The predicted molar refractivity (Wildman–Crippen MR) is 97.2 cm³/mol. The van der Waals surface area contributed by atoms with Crippen molar-refractivity contribution in [2.24, 2.45) is 0 Å². The van der Waals surface area contributed by atoms with Crippen molar-refractivity contribution < 1.29 is 0 Å². The Kier molecular flexibility index (Phi) is 4.22. The molecule has 1 heterocycles. The molecule has 23 heavy (non-hydrogen) atoms. The van der Waals surface area contributed by atoms with Crippen LogP contribution in [-0.2, 0) is 12.8 Å². The van der Waals surface area contributed by atoms with Crippen LogP contribution in [0.2, 0.25) is 0 Å². The Bertz CT molecular complexity index is 682. The van der Waals surface area contributed by atoms with E-state index in [2.05, 4.69) is 54.3 Å². The Morgan fingerprint density at radius 3 is 2.57 bits per heavy atom. The molecule has 0 N–H and O–H groups in total. The lowest BCUT2D eigenvalue weighted by Crippen LogP contribution is -2.22. The van der Waals surface area contributed by atoms with Gasteiger partial charge in [-0.3, -0.25) is 0 Å². The monoisotopic (exact) mass is 305 g/mol. The highest BCUT2D eigenvalue weighted by Gasteiger charge is 2.25. The Morgan fingerprint density at radius 2 is 1.70 bits per heavy atom. The van der Waals surface area contributed by atoms with Crippen LogP contribution >= 0.6 is 0 Å². The quantitative estimate of drug-likeness (QED) is 0.793. The molecule has 0 amide bonds. The molecule has 1 nitrogen and oxygen atoms in total. The second-order valence-corrected chi connectivity index (χ2v) is 7.23. The van der Waals surface area contributed by atoms with Crippen LogP contribution in [0.5, 0.6) is 0 Å². The molecule has 1 unspecified atom stereocenters. The van der Waals surface area contributed by atoms with Gasteiger partial charge < -0.3 is 4.90 Å². The highest BCUT2D eigenvalue weighted by molar-refractivity contribution is 5.47. The fourth-order valence-electron chi connectivity index (χ4n) is 4.55. The summed E-state index contributed by atoms with van der Waals surface area (Å²) in [7, 11) is 0. The van der Waals surface area contributed by atoms with Gasteiger partial charge in [-0.25, -0.2) is 0 Å². The minimum atomic E-state index is 0.573. The van der Waals surface area contributed by atoms with Crippen LogP contribution in [0.4, 0.5) is 0 Å². The molecule has 4 rings (SSSR count). The normalized spacial score (nSPS) is 20.8. The molecule has 0 saturated carbocycles. The molecule has 1 fully saturated rings. The number of aryl methyl sites for hydroxylation is 2. The second kappa shape index (κ2) is 6.49. The summed E-state index contributed by atoms with van der Waals surface area (Å²) in [5.74, 6) is 0.573. The number of nitrogens with zero attached hydrogens (tertiary/aromatic N) is 1. The van der Waals surface area contributed by atoms with Crippen LogP contribution < -0.4 is 0 Å². The van der Waals surface area contributed by atoms with E-state index in [1.54, 1.807) is 22.3 Å². The zero-order valence-electron chi connectivity index (χ0n) is 14.2. The van der Waals surface area contributed by atoms with E-state index in [1.807, 2.05) is 0 Å². The zero-order chi connectivity index (χ0) is 15.6. The molecule has 2 aromatic rings. The maximum absolute atomic E-state index is 2.66. The lowest BCUT2D eigenvalue weighted by molar-refractivity contribution is 0.327. The summed E-state index contributed by atoms with van der Waals surface area (Å²) in [5.41, 5.74) is 7.82. The van der Waals surface area contributed by atoms with Gasteiger partial charge in [-0.05, 0) is 86.5 Å². The van der Waals surface area contributed by atoms with Crippen molar-refractivity contribution >= 4 is 0 Å². The third-order valence-corrected chi connectivity index (χ3v) is 5.83. The van der Waals surface area contributed by atoms with E-state index in [4.69, 9.17) is 0 Å². The summed E-state index contributed by atoms with van der Waals surface area (Å²) >= 11 is 0. The molecule has 2 aromatic carbocycles. The molecular formula is C22H27N. The van der Waals surface area contributed by atoms with Gasteiger partial charge in [-0.1, -0.05) is 42.5 Å². The van der Waals surface area contributed by atoms with Gasteiger partial charge in [0.15, 0.2) is 0 Å². The van der Waals surface area contributed by atoms with Crippen LogP contribution in [0.15, 0.2) is 42.5 Å². The Morgan fingerprint density at radius 1 is 0.913 bits per heavy atom. The summed E-state index contributed by atoms with van der Waals surface area (Å²) in [5, 5.41) is 0. The molecule has 0 bridgehead atoms. The zero-order valence-corrected chi connectivity index (χ0v) is 14.2. The summed E-state index contributed by atoms with van der Waals surface area (Å²) in [6, 6.07) is 16.1. The maximum Gasteiger partial charge on any atom is 0.0107 e. The van der Waals surface area contributed by atoms with Crippen LogP contribution in [0.25, 0.3) is 0 Å². The third kappa shape index (κ3) is 2.95. The molecule has 2 aliphatic rings. The van der Waals surface area contributed by atoms with E-state index in [-0.39, 0.29) is 0 Å². The smallest absolute Gasteiger partial charge is 0.0107 e. The lowest BCUT2D eigenvalue weighted by atomic mass is 9.84. The summed E-state index contributed by atoms with van der Waals surface area (Å²) in [6.45, 7) is 6.13. The van der Waals surface area contributed by atoms with E-state index in [0.29, 0.717) is 5.92 Å². The van der Waals surface area contributed by atoms with Crippen molar-refractivity contribution in [1.82, 2.24) is 4.90 Å². The van der Waals surface area contributed by atoms with E-state index in [1.165, 1.54) is 57.3 Å². The predicted octanol–water partition coefficient (Wildman–Crippen LogP) is 4.71. The molecule has 1 aliphatic carbocycles. The summed E-state index contributed by atoms with van der Waals surface area (Å²) in [4.78, 5) is 2.66. The van der Waals surface area contributed by atoms with Crippen molar-refractivity contribution in [3.8, 4) is 0 Å². The topological polar surface area (TPSA) is 3.24 Å². The molecule has 0 spiro atoms. The third-order valence-electron chi connectivity index (χ3n) is 5.83. The maximum atomic E-state index is 2.66. The first-order valence-corrected chi connectivity index (χ1v) is 9.21. The largest absolute Gasteiger partial charge is 0.303 e. The lowest BCUT2D eigenvalue weighted by Gasteiger charge is -2.24. The van der Waals surface area contributed by atoms with Gasteiger partial charge in [0.25, 0.3) is 0 Å². The minimum Gasteiger partial charge on any atom is -0.303 e. The second-order valence-electron chi connectivity index (χ2n) is 7.23. The highest BCUT2D eigenvalue weighted by Crippen LogP contribution is 2.37. The number of benzene rings is 2. The van der Waals surface area contributed by atoms with Crippen LogP contribution in [0.1, 0.15) is 53.0 Å².